The normalized spacial score (nSPS) is 26.7. The van der Waals surface area contributed by atoms with Gasteiger partial charge in [0, 0.05) is 29.9 Å². The summed E-state index contributed by atoms with van der Waals surface area (Å²) in [5.41, 5.74) is 0.968. The molecule has 2 N–H and O–H groups in total. The topological polar surface area (TPSA) is 36.5 Å². The molecule has 2 aliphatic heterocycles. The van der Waals surface area contributed by atoms with Crippen LogP contribution in [0.5, 0.6) is 5.75 Å². The fourth-order valence-electron chi connectivity index (χ4n) is 4.27. The standard InChI is InChI=1S/C19H29N3OS/c1-3-10-22-16-7-5-8-17(22)12-15(11-16)21-19(24)20-14-6-4-9-18(13-14)23-2/h4,6,9,13,15-17H,3,5,7-8,10-12H2,1-2H3,(H2,20,21,24)/t15?,16-,17+. The summed E-state index contributed by atoms with van der Waals surface area (Å²) in [4.78, 5) is 2.75. The van der Waals surface area contributed by atoms with E-state index >= 15 is 0 Å². The Labute approximate surface area is 150 Å². The Kier molecular flexibility index (Phi) is 5.95. The number of anilines is 1. The molecule has 3 rings (SSSR count). The lowest BCUT2D eigenvalue weighted by atomic mass is 9.81. The van der Waals surface area contributed by atoms with Gasteiger partial charge in [0.25, 0.3) is 0 Å². The Morgan fingerprint density at radius 3 is 2.71 bits per heavy atom. The maximum absolute atomic E-state index is 5.53. The zero-order valence-electron chi connectivity index (χ0n) is 14.8. The third-order valence-corrected chi connectivity index (χ3v) is 5.49. The van der Waals surface area contributed by atoms with Crippen molar-refractivity contribution < 1.29 is 4.74 Å². The first-order valence-corrected chi connectivity index (χ1v) is 9.57. The first-order valence-electron chi connectivity index (χ1n) is 9.17. The number of rotatable bonds is 5. The lowest BCUT2D eigenvalue weighted by Crippen LogP contribution is -2.57. The van der Waals surface area contributed by atoms with Crippen molar-refractivity contribution in [3.05, 3.63) is 24.3 Å². The van der Waals surface area contributed by atoms with Crippen LogP contribution in [0.4, 0.5) is 5.69 Å². The number of ether oxygens (including phenoxy) is 1. The van der Waals surface area contributed by atoms with E-state index in [1.807, 2.05) is 24.3 Å². The van der Waals surface area contributed by atoms with Gasteiger partial charge in [0.15, 0.2) is 5.11 Å². The Morgan fingerprint density at radius 1 is 1.29 bits per heavy atom. The van der Waals surface area contributed by atoms with Gasteiger partial charge in [-0.1, -0.05) is 19.4 Å². The van der Waals surface area contributed by atoms with Gasteiger partial charge in [-0.2, -0.15) is 0 Å². The summed E-state index contributed by atoms with van der Waals surface area (Å²) >= 11 is 5.53. The quantitative estimate of drug-likeness (QED) is 0.793. The molecular formula is C19H29N3OS. The molecule has 0 saturated carbocycles. The van der Waals surface area contributed by atoms with Gasteiger partial charge in [0.2, 0.25) is 0 Å². The van der Waals surface area contributed by atoms with Crippen molar-refractivity contribution in [1.29, 1.82) is 0 Å². The van der Waals surface area contributed by atoms with Crippen LogP contribution in [0.15, 0.2) is 24.3 Å². The number of fused-ring (bicyclic) bond motifs is 2. The van der Waals surface area contributed by atoms with E-state index in [0.29, 0.717) is 6.04 Å². The molecule has 5 heteroatoms. The Morgan fingerprint density at radius 2 is 2.04 bits per heavy atom. The van der Waals surface area contributed by atoms with Crippen LogP contribution in [0.2, 0.25) is 0 Å². The van der Waals surface area contributed by atoms with Gasteiger partial charge in [-0.05, 0) is 63.0 Å². The summed E-state index contributed by atoms with van der Waals surface area (Å²) in [5.74, 6) is 0.838. The monoisotopic (exact) mass is 347 g/mol. The predicted octanol–water partition coefficient (Wildman–Crippen LogP) is 3.78. The molecule has 1 aromatic carbocycles. The summed E-state index contributed by atoms with van der Waals surface area (Å²) < 4.78 is 5.26. The second kappa shape index (κ2) is 8.17. The van der Waals surface area contributed by atoms with E-state index in [4.69, 9.17) is 17.0 Å². The van der Waals surface area contributed by atoms with Crippen LogP contribution in [0.1, 0.15) is 45.4 Å². The van der Waals surface area contributed by atoms with Crippen molar-refractivity contribution in [2.45, 2.75) is 63.6 Å². The van der Waals surface area contributed by atoms with Crippen LogP contribution in [0.3, 0.4) is 0 Å². The van der Waals surface area contributed by atoms with Crippen molar-refractivity contribution >= 4 is 23.0 Å². The highest BCUT2D eigenvalue weighted by Crippen LogP contribution is 2.34. The molecule has 1 unspecified atom stereocenters. The highest BCUT2D eigenvalue weighted by atomic mass is 32.1. The Bertz CT molecular complexity index is 551. The predicted molar refractivity (Wildman–Crippen MR) is 104 cm³/mol. The summed E-state index contributed by atoms with van der Waals surface area (Å²) in [5, 5.41) is 7.56. The average Bonchev–Trinajstić information content (AvgIpc) is 2.56. The molecule has 132 valence electrons. The van der Waals surface area contributed by atoms with Crippen LogP contribution >= 0.6 is 12.2 Å². The van der Waals surface area contributed by atoms with E-state index in [-0.39, 0.29) is 0 Å². The van der Waals surface area contributed by atoms with Crippen molar-refractivity contribution in [1.82, 2.24) is 10.2 Å². The third kappa shape index (κ3) is 4.19. The number of thiocarbonyl (C=S) groups is 1. The molecule has 2 saturated heterocycles. The minimum absolute atomic E-state index is 0.485. The van der Waals surface area contributed by atoms with Crippen LogP contribution < -0.4 is 15.4 Å². The number of hydrogen-bond donors (Lipinski definition) is 2. The van der Waals surface area contributed by atoms with Gasteiger partial charge in [-0.25, -0.2) is 0 Å². The molecule has 0 radical (unpaired) electrons. The zero-order chi connectivity index (χ0) is 16.9. The van der Waals surface area contributed by atoms with Crippen LogP contribution in [0.25, 0.3) is 0 Å². The molecule has 0 spiro atoms. The molecule has 0 aromatic heterocycles. The summed E-state index contributed by atoms with van der Waals surface area (Å²) in [6.45, 7) is 3.53. The molecule has 2 aliphatic rings. The fraction of sp³-hybridized carbons (Fsp3) is 0.632. The molecule has 4 nitrogen and oxygen atoms in total. The van der Waals surface area contributed by atoms with Gasteiger partial charge < -0.3 is 15.4 Å². The van der Waals surface area contributed by atoms with E-state index in [1.54, 1.807) is 7.11 Å². The Hall–Kier alpha value is -1.33. The summed E-state index contributed by atoms with van der Waals surface area (Å²) in [6.07, 6.45) is 7.72. The van der Waals surface area contributed by atoms with E-state index in [2.05, 4.69) is 22.5 Å². The maximum Gasteiger partial charge on any atom is 0.170 e. The van der Waals surface area contributed by atoms with Gasteiger partial charge in [0.05, 0.1) is 7.11 Å². The molecule has 2 bridgehead atoms. The highest BCUT2D eigenvalue weighted by Gasteiger charge is 2.37. The largest absolute Gasteiger partial charge is 0.497 e. The molecule has 2 heterocycles. The van der Waals surface area contributed by atoms with Crippen LogP contribution in [0, 0.1) is 0 Å². The lowest BCUT2D eigenvalue weighted by molar-refractivity contribution is 0.0284. The number of nitrogens with zero attached hydrogens (tertiary/aromatic N) is 1. The van der Waals surface area contributed by atoms with Gasteiger partial charge in [-0.15, -0.1) is 0 Å². The number of benzene rings is 1. The molecule has 24 heavy (non-hydrogen) atoms. The number of piperidine rings is 2. The molecule has 0 aliphatic carbocycles. The van der Waals surface area contributed by atoms with Gasteiger partial charge in [-0.3, -0.25) is 4.90 Å². The summed E-state index contributed by atoms with van der Waals surface area (Å²) in [6, 6.07) is 9.83. The molecule has 3 atom stereocenters. The van der Waals surface area contributed by atoms with Gasteiger partial charge >= 0.3 is 0 Å². The van der Waals surface area contributed by atoms with Crippen LogP contribution in [-0.4, -0.2) is 41.8 Å². The number of methoxy groups -OCH3 is 1. The van der Waals surface area contributed by atoms with Gasteiger partial charge in [0.1, 0.15) is 5.75 Å². The minimum Gasteiger partial charge on any atom is -0.497 e. The fourth-order valence-corrected chi connectivity index (χ4v) is 4.56. The van der Waals surface area contributed by atoms with Crippen molar-refractivity contribution in [3.8, 4) is 5.75 Å². The Balaban J connectivity index is 1.55. The average molecular weight is 348 g/mol. The first-order chi connectivity index (χ1) is 11.7. The number of nitrogens with one attached hydrogen (secondary N) is 2. The van der Waals surface area contributed by atoms with E-state index < -0.39 is 0 Å². The SMILES string of the molecule is CCCN1[C@@H]2CCC[C@H]1CC(NC(=S)Nc1cccc(OC)c1)C2. The van der Waals surface area contributed by atoms with E-state index in [1.165, 1.54) is 45.1 Å². The smallest absolute Gasteiger partial charge is 0.170 e. The molecule has 1 aromatic rings. The lowest BCUT2D eigenvalue weighted by Gasteiger charge is -2.49. The molecule has 0 amide bonds. The van der Waals surface area contributed by atoms with Crippen molar-refractivity contribution in [2.24, 2.45) is 0 Å². The first kappa shape index (κ1) is 17.5. The molecule has 2 fully saturated rings. The van der Waals surface area contributed by atoms with E-state index in [9.17, 15) is 0 Å². The van der Waals surface area contributed by atoms with Crippen molar-refractivity contribution in [3.63, 3.8) is 0 Å². The number of hydrogen-bond acceptors (Lipinski definition) is 3. The van der Waals surface area contributed by atoms with Crippen molar-refractivity contribution in [2.75, 3.05) is 19.0 Å². The third-order valence-electron chi connectivity index (χ3n) is 5.27. The second-order valence-corrected chi connectivity index (χ2v) is 7.38. The summed E-state index contributed by atoms with van der Waals surface area (Å²) in [7, 11) is 1.68. The van der Waals surface area contributed by atoms with E-state index in [0.717, 1.165) is 28.6 Å². The minimum atomic E-state index is 0.485. The molecular weight excluding hydrogens is 318 g/mol. The zero-order valence-corrected chi connectivity index (χ0v) is 15.6. The van der Waals surface area contributed by atoms with Crippen LogP contribution in [-0.2, 0) is 0 Å². The highest BCUT2D eigenvalue weighted by molar-refractivity contribution is 7.80. The maximum atomic E-state index is 5.53. The second-order valence-electron chi connectivity index (χ2n) is 6.98.